The first kappa shape index (κ1) is 16.6. The van der Waals surface area contributed by atoms with Crippen molar-refractivity contribution in [3.8, 4) is 11.1 Å². The Kier molecular flexibility index (Phi) is 3.55. The highest BCUT2D eigenvalue weighted by molar-refractivity contribution is 6.02. The van der Waals surface area contributed by atoms with Crippen molar-refractivity contribution < 1.29 is 27.5 Å². The van der Waals surface area contributed by atoms with Crippen LogP contribution in [-0.2, 0) is 4.84 Å². The normalized spacial score (nSPS) is 20.3. The number of hydrogen-bond acceptors (Lipinski definition) is 3. The first-order chi connectivity index (χ1) is 12.3. The Balaban J connectivity index is 1.65. The minimum Gasteiger partial charge on any atom is -0.361 e. The third-order valence-corrected chi connectivity index (χ3v) is 4.33. The summed E-state index contributed by atoms with van der Waals surface area (Å²) in [7, 11) is 0. The summed E-state index contributed by atoms with van der Waals surface area (Å²) in [4.78, 5) is 7.19. The van der Waals surface area contributed by atoms with Gasteiger partial charge in [-0.25, -0.2) is 4.39 Å². The summed E-state index contributed by atoms with van der Waals surface area (Å²) in [6.45, 7) is 0. The standard InChI is InChI=1S/C18H12F4N2O2/c19-14-7-11(12-2-1-10-5-6-23-15(10)8-12)3-4-13(14)16-9-17(25,26-24-16)18(20,21)22/h1-8,23,25H,9H2. The summed E-state index contributed by atoms with van der Waals surface area (Å²) in [6.07, 6.45) is -4.21. The predicted octanol–water partition coefficient (Wildman–Crippen LogP) is 4.35. The number of halogens is 4. The molecule has 4 rings (SSSR count). The Morgan fingerprint density at radius 3 is 2.50 bits per heavy atom. The molecule has 2 heterocycles. The van der Waals surface area contributed by atoms with Crippen molar-refractivity contribution in [1.82, 2.24) is 4.98 Å². The van der Waals surface area contributed by atoms with Gasteiger partial charge in [-0.15, -0.1) is 0 Å². The minimum atomic E-state index is -5.03. The number of aromatic nitrogens is 1. The Morgan fingerprint density at radius 1 is 1.08 bits per heavy atom. The lowest BCUT2D eigenvalue weighted by Crippen LogP contribution is -2.45. The molecule has 1 aliphatic heterocycles. The van der Waals surface area contributed by atoms with Gasteiger partial charge < -0.3 is 14.9 Å². The molecule has 1 atom stereocenters. The second-order valence-electron chi connectivity index (χ2n) is 6.06. The number of nitrogens with one attached hydrogen (secondary N) is 1. The molecule has 8 heteroatoms. The van der Waals surface area contributed by atoms with Crippen LogP contribution < -0.4 is 0 Å². The Labute approximate surface area is 144 Å². The van der Waals surface area contributed by atoms with Gasteiger partial charge in [-0.3, -0.25) is 0 Å². The van der Waals surface area contributed by atoms with E-state index in [1.165, 1.54) is 12.1 Å². The highest BCUT2D eigenvalue weighted by atomic mass is 19.4. The van der Waals surface area contributed by atoms with Crippen molar-refractivity contribution in [3.05, 3.63) is 60.0 Å². The number of aromatic amines is 1. The van der Waals surface area contributed by atoms with Crippen LogP contribution in [0.5, 0.6) is 0 Å². The second-order valence-corrected chi connectivity index (χ2v) is 6.06. The van der Waals surface area contributed by atoms with E-state index in [0.29, 0.717) is 5.56 Å². The van der Waals surface area contributed by atoms with Gasteiger partial charge in [0.1, 0.15) is 5.82 Å². The number of H-pyrrole nitrogens is 1. The summed E-state index contributed by atoms with van der Waals surface area (Å²) in [5.74, 6) is -4.17. The molecule has 4 nitrogen and oxygen atoms in total. The van der Waals surface area contributed by atoms with Gasteiger partial charge in [-0.2, -0.15) is 13.2 Å². The molecule has 0 bridgehead atoms. The number of rotatable bonds is 2. The molecule has 2 N–H and O–H groups in total. The van der Waals surface area contributed by atoms with Crippen LogP contribution in [0.2, 0.25) is 0 Å². The molecule has 0 saturated carbocycles. The lowest BCUT2D eigenvalue weighted by molar-refractivity contribution is -0.355. The van der Waals surface area contributed by atoms with Gasteiger partial charge in [0.2, 0.25) is 0 Å². The number of nitrogens with zero attached hydrogens (tertiary/aromatic N) is 1. The smallest absolute Gasteiger partial charge is 0.361 e. The number of oxime groups is 1. The zero-order valence-electron chi connectivity index (χ0n) is 13.1. The van der Waals surface area contributed by atoms with E-state index in [1.54, 1.807) is 12.3 Å². The van der Waals surface area contributed by atoms with E-state index in [9.17, 15) is 22.7 Å². The van der Waals surface area contributed by atoms with Crippen LogP contribution in [0.4, 0.5) is 17.6 Å². The van der Waals surface area contributed by atoms with Crippen molar-refractivity contribution >= 4 is 16.6 Å². The second kappa shape index (κ2) is 5.57. The number of alkyl halides is 3. The van der Waals surface area contributed by atoms with Gasteiger partial charge in [0.25, 0.3) is 0 Å². The fourth-order valence-electron chi connectivity index (χ4n) is 2.87. The molecule has 0 radical (unpaired) electrons. The summed E-state index contributed by atoms with van der Waals surface area (Å²) in [5, 5.41) is 13.7. The molecule has 1 aromatic heterocycles. The topological polar surface area (TPSA) is 57.6 Å². The molecular weight excluding hydrogens is 352 g/mol. The van der Waals surface area contributed by atoms with Crippen LogP contribution in [0.1, 0.15) is 12.0 Å². The average molecular weight is 364 g/mol. The lowest BCUT2D eigenvalue weighted by Gasteiger charge is -2.22. The zero-order chi connectivity index (χ0) is 18.5. The van der Waals surface area contributed by atoms with Gasteiger partial charge >= 0.3 is 12.0 Å². The highest BCUT2D eigenvalue weighted by Gasteiger charge is 2.60. The third-order valence-electron chi connectivity index (χ3n) is 4.33. The number of fused-ring (bicyclic) bond motifs is 1. The van der Waals surface area contributed by atoms with Gasteiger partial charge in [-0.05, 0) is 40.8 Å². The molecule has 26 heavy (non-hydrogen) atoms. The molecule has 0 amide bonds. The van der Waals surface area contributed by atoms with Crippen molar-refractivity contribution in [1.29, 1.82) is 0 Å². The van der Waals surface area contributed by atoms with Gasteiger partial charge in [0.15, 0.2) is 0 Å². The number of hydrogen-bond donors (Lipinski definition) is 2. The fraction of sp³-hybridized carbons (Fsp3) is 0.167. The molecule has 0 saturated heterocycles. The zero-order valence-corrected chi connectivity index (χ0v) is 13.1. The molecule has 2 aromatic carbocycles. The van der Waals surface area contributed by atoms with Crippen molar-refractivity contribution in [3.63, 3.8) is 0 Å². The van der Waals surface area contributed by atoms with Crippen LogP contribution in [-0.4, -0.2) is 27.8 Å². The minimum absolute atomic E-state index is 0.144. The fourth-order valence-corrected chi connectivity index (χ4v) is 2.87. The Hall–Kier alpha value is -2.87. The lowest BCUT2D eigenvalue weighted by atomic mass is 9.98. The van der Waals surface area contributed by atoms with E-state index in [4.69, 9.17) is 0 Å². The predicted molar refractivity (Wildman–Crippen MR) is 86.9 cm³/mol. The molecule has 1 aliphatic rings. The van der Waals surface area contributed by atoms with Crippen LogP contribution in [0.3, 0.4) is 0 Å². The molecule has 0 fully saturated rings. The molecule has 134 valence electrons. The maximum absolute atomic E-state index is 14.5. The third kappa shape index (κ3) is 2.62. The van der Waals surface area contributed by atoms with Crippen LogP contribution in [0.25, 0.3) is 22.0 Å². The number of aliphatic hydroxyl groups is 1. The largest absolute Gasteiger partial charge is 0.458 e. The van der Waals surface area contributed by atoms with E-state index < -0.39 is 24.2 Å². The molecule has 0 aliphatic carbocycles. The number of benzene rings is 2. The van der Waals surface area contributed by atoms with Crippen molar-refractivity contribution in [2.24, 2.45) is 5.16 Å². The Morgan fingerprint density at radius 2 is 1.81 bits per heavy atom. The summed E-state index contributed by atoms with van der Waals surface area (Å²) in [6, 6.07) is 11.6. The van der Waals surface area contributed by atoms with E-state index in [-0.39, 0.29) is 11.3 Å². The van der Waals surface area contributed by atoms with Crippen molar-refractivity contribution in [2.45, 2.75) is 18.4 Å². The maximum Gasteiger partial charge on any atom is 0.458 e. The van der Waals surface area contributed by atoms with E-state index in [2.05, 4.69) is 15.0 Å². The van der Waals surface area contributed by atoms with Gasteiger partial charge in [0, 0.05) is 17.3 Å². The van der Waals surface area contributed by atoms with E-state index in [1.807, 2.05) is 24.3 Å². The maximum atomic E-state index is 14.5. The summed E-state index contributed by atoms with van der Waals surface area (Å²) < 4.78 is 52.8. The summed E-state index contributed by atoms with van der Waals surface area (Å²) >= 11 is 0. The monoisotopic (exact) mass is 364 g/mol. The first-order valence-electron chi connectivity index (χ1n) is 7.68. The molecular formula is C18H12F4N2O2. The molecule has 1 unspecified atom stereocenters. The SMILES string of the molecule is OC1(C(F)(F)F)CC(c2ccc(-c3ccc4cc[nH]c4c3)cc2F)=NO1. The molecule has 3 aromatic rings. The van der Waals surface area contributed by atoms with Gasteiger partial charge in [-0.1, -0.05) is 23.4 Å². The highest BCUT2D eigenvalue weighted by Crippen LogP contribution is 2.39. The van der Waals surface area contributed by atoms with Crippen molar-refractivity contribution in [2.75, 3.05) is 0 Å². The quantitative estimate of drug-likeness (QED) is 0.665. The van der Waals surface area contributed by atoms with Crippen LogP contribution in [0.15, 0.2) is 53.8 Å². The van der Waals surface area contributed by atoms with Crippen LogP contribution in [0, 0.1) is 5.82 Å². The van der Waals surface area contributed by atoms with Crippen LogP contribution >= 0.6 is 0 Å². The van der Waals surface area contributed by atoms with E-state index >= 15 is 0 Å². The van der Waals surface area contributed by atoms with E-state index in [0.717, 1.165) is 16.5 Å². The summed E-state index contributed by atoms with van der Waals surface area (Å²) in [5.41, 5.74) is 1.76. The average Bonchev–Trinajstić information content (AvgIpc) is 3.20. The first-order valence-corrected chi connectivity index (χ1v) is 7.68. The Bertz CT molecular complexity index is 1030. The van der Waals surface area contributed by atoms with Gasteiger partial charge in [0.05, 0.1) is 12.1 Å². The molecule has 0 spiro atoms.